The number of hydrogen-bond acceptors (Lipinski definition) is 4. The van der Waals surface area contributed by atoms with Crippen molar-refractivity contribution in [3.63, 3.8) is 0 Å². The Morgan fingerprint density at radius 2 is 1.84 bits per heavy atom. The number of benzene rings is 2. The molecule has 1 aliphatic rings. The van der Waals surface area contributed by atoms with Crippen LogP contribution in [0, 0.1) is 0 Å². The molecule has 2 atom stereocenters. The highest BCUT2D eigenvalue weighted by atomic mass is 32.1. The fourth-order valence-electron chi connectivity index (χ4n) is 3.26. The highest BCUT2D eigenvalue weighted by Crippen LogP contribution is 2.38. The molecule has 5 heteroatoms. The topological polar surface area (TPSA) is 62.2 Å². The lowest BCUT2D eigenvalue weighted by Crippen LogP contribution is -2.28. The van der Waals surface area contributed by atoms with Gasteiger partial charge in [0.25, 0.3) is 0 Å². The summed E-state index contributed by atoms with van der Waals surface area (Å²) in [6.45, 7) is 0. The summed E-state index contributed by atoms with van der Waals surface area (Å²) in [5, 5.41) is 16.0. The molecule has 2 unspecified atom stereocenters. The zero-order valence-electron chi connectivity index (χ0n) is 13.6. The second-order valence-corrected chi connectivity index (χ2v) is 7.05. The van der Waals surface area contributed by atoms with Crippen LogP contribution in [0.1, 0.15) is 35.4 Å². The number of nitrogens with zero attached hydrogens (tertiary/aromatic N) is 1. The van der Waals surface area contributed by atoms with Gasteiger partial charge < -0.3 is 10.4 Å². The van der Waals surface area contributed by atoms with Crippen LogP contribution in [0.4, 0.5) is 0 Å². The molecule has 1 aliphatic carbocycles. The average Bonchev–Trinajstić information content (AvgIpc) is 3.21. The zero-order chi connectivity index (χ0) is 17.2. The van der Waals surface area contributed by atoms with Gasteiger partial charge in [0.2, 0.25) is 5.91 Å². The van der Waals surface area contributed by atoms with Crippen molar-refractivity contribution in [2.24, 2.45) is 0 Å². The van der Waals surface area contributed by atoms with Gasteiger partial charge in [-0.05, 0) is 11.1 Å². The zero-order valence-corrected chi connectivity index (χ0v) is 14.4. The van der Waals surface area contributed by atoms with Crippen LogP contribution in [0.25, 0.3) is 10.6 Å². The van der Waals surface area contributed by atoms with Crippen LogP contribution in [-0.4, -0.2) is 16.0 Å². The van der Waals surface area contributed by atoms with E-state index in [0.717, 1.165) is 27.4 Å². The van der Waals surface area contributed by atoms with Gasteiger partial charge in [-0.1, -0.05) is 54.6 Å². The molecule has 1 aromatic heterocycles. The van der Waals surface area contributed by atoms with Crippen LogP contribution in [0.2, 0.25) is 0 Å². The molecule has 0 radical (unpaired) electrons. The monoisotopic (exact) mass is 350 g/mol. The normalized spacial score (nSPS) is 18.8. The molecule has 4 nitrogen and oxygen atoms in total. The summed E-state index contributed by atoms with van der Waals surface area (Å²) in [4.78, 5) is 17.0. The first-order valence-electron chi connectivity index (χ1n) is 8.27. The van der Waals surface area contributed by atoms with E-state index in [1.54, 1.807) is 11.3 Å². The Morgan fingerprint density at radius 1 is 1.12 bits per heavy atom. The fraction of sp³-hybridized carbons (Fsp3) is 0.200. The van der Waals surface area contributed by atoms with Gasteiger partial charge in [-0.2, -0.15) is 0 Å². The second kappa shape index (κ2) is 6.78. The number of amides is 1. The number of nitrogens with one attached hydrogen (secondary N) is 1. The van der Waals surface area contributed by atoms with Crippen molar-refractivity contribution in [3.8, 4) is 10.6 Å². The summed E-state index contributed by atoms with van der Waals surface area (Å²) in [6.07, 6.45) is 0.264. The maximum absolute atomic E-state index is 12.4. The second-order valence-electron chi connectivity index (χ2n) is 6.19. The third kappa shape index (κ3) is 3.34. The Bertz CT molecular complexity index is 891. The third-order valence-corrected chi connectivity index (χ3v) is 5.38. The Morgan fingerprint density at radius 3 is 2.64 bits per heavy atom. The molecule has 2 aromatic carbocycles. The number of aliphatic hydroxyl groups is 1. The Kier molecular flexibility index (Phi) is 4.34. The lowest BCUT2D eigenvalue weighted by molar-refractivity contribution is -0.121. The summed E-state index contributed by atoms with van der Waals surface area (Å²) < 4.78 is 0. The van der Waals surface area contributed by atoms with Crippen molar-refractivity contribution in [1.82, 2.24) is 10.3 Å². The maximum Gasteiger partial charge on any atom is 0.226 e. The molecule has 0 bridgehead atoms. The fourth-order valence-corrected chi connectivity index (χ4v) is 4.08. The van der Waals surface area contributed by atoms with Gasteiger partial charge >= 0.3 is 0 Å². The minimum Gasteiger partial charge on any atom is -0.388 e. The third-order valence-electron chi connectivity index (χ3n) is 4.44. The van der Waals surface area contributed by atoms with Crippen molar-refractivity contribution in [2.75, 3.05) is 0 Å². The van der Waals surface area contributed by atoms with Crippen molar-refractivity contribution in [2.45, 2.75) is 25.0 Å². The number of aliphatic hydroxyl groups excluding tert-OH is 1. The molecule has 4 rings (SSSR count). The molecule has 0 fully saturated rings. The standard InChI is InChI=1S/C20H18N2O2S/c23-18-11-17(15-8-4-5-9-16(15)18)22-19(24)10-14-12-25-20(21-14)13-6-2-1-3-7-13/h1-9,12,17-18,23H,10-11H2,(H,22,24). The lowest BCUT2D eigenvalue weighted by atomic mass is 10.1. The Hall–Kier alpha value is -2.50. The lowest BCUT2D eigenvalue weighted by Gasteiger charge is -2.13. The van der Waals surface area contributed by atoms with Crippen molar-refractivity contribution < 1.29 is 9.90 Å². The van der Waals surface area contributed by atoms with Gasteiger partial charge in [0.05, 0.1) is 24.3 Å². The SMILES string of the molecule is O=C(Cc1csc(-c2ccccc2)n1)NC1CC(O)c2ccccc21. The molecule has 3 aromatic rings. The molecule has 2 N–H and O–H groups in total. The van der Waals surface area contributed by atoms with E-state index in [2.05, 4.69) is 10.3 Å². The summed E-state index contributed by atoms with van der Waals surface area (Å²) >= 11 is 1.55. The number of rotatable bonds is 4. The summed E-state index contributed by atoms with van der Waals surface area (Å²) in [6, 6.07) is 17.5. The van der Waals surface area contributed by atoms with E-state index in [1.165, 1.54) is 0 Å². The van der Waals surface area contributed by atoms with Crippen molar-refractivity contribution in [1.29, 1.82) is 0 Å². The average molecular weight is 350 g/mol. The molecular weight excluding hydrogens is 332 g/mol. The quantitative estimate of drug-likeness (QED) is 0.755. The van der Waals surface area contributed by atoms with Crippen LogP contribution in [0.15, 0.2) is 60.0 Å². The van der Waals surface area contributed by atoms with E-state index >= 15 is 0 Å². The van der Waals surface area contributed by atoms with Crippen LogP contribution in [0.3, 0.4) is 0 Å². The van der Waals surface area contributed by atoms with E-state index in [4.69, 9.17) is 0 Å². The minimum absolute atomic E-state index is 0.0705. The molecule has 0 spiro atoms. The highest BCUT2D eigenvalue weighted by Gasteiger charge is 2.30. The molecule has 0 aliphatic heterocycles. The molecule has 1 amide bonds. The van der Waals surface area contributed by atoms with Gasteiger partial charge in [-0.3, -0.25) is 4.79 Å². The van der Waals surface area contributed by atoms with Crippen LogP contribution in [0.5, 0.6) is 0 Å². The van der Waals surface area contributed by atoms with Crippen molar-refractivity contribution in [3.05, 3.63) is 76.8 Å². The largest absolute Gasteiger partial charge is 0.388 e. The smallest absolute Gasteiger partial charge is 0.226 e. The van der Waals surface area contributed by atoms with Crippen molar-refractivity contribution >= 4 is 17.2 Å². The first-order valence-corrected chi connectivity index (χ1v) is 9.15. The van der Waals surface area contributed by atoms with E-state index < -0.39 is 6.10 Å². The molecule has 0 saturated heterocycles. The predicted molar refractivity (Wildman–Crippen MR) is 98.2 cm³/mol. The summed E-state index contributed by atoms with van der Waals surface area (Å²) in [5.74, 6) is -0.0705. The van der Waals surface area contributed by atoms with E-state index in [0.29, 0.717) is 6.42 Å². The van der Waals surface area contributed by atoms with E-state index in [9.17, 15) is 9.90 Å². The summed E-state index contributed by atoms with van der Waals surface area (Å²) in [5.41, 5.74) is 3.75. The number of hydrogen-bond donors (Lipinski definition) is 2. The van der Waals surface area contributed by atoms with Crippen LogP contribution in [-0.2, 0) is 11.2 Å². The van der Waals surface area contributed by atoms with E-state index in [-0.39, 0.29) is 18.4 Å². The molecule has 126 valence electrons. The number of fused-ring (bicyclic) bond motifs is 1. The molecular formula is C20H18N2O2S. The minimum atomic E-state index is -0.509. The number of carbonyl (C=O) groups is 1. The number of thiazole rings is 1. The van der Waals surface area contributed by atoms with Crippen LogP contribution < -0.4 is 5.32 Å². The Balaban J connectivity index is 1.43. The molecule has 1 heterocycles. The summed E-state index contributed by atoms with van der Waals surface area (Å²) in [7, 11) is 0. The first-order chi connectivity index (χ1) is 12.2. The van der Waals surface area contributed by atoms with Crippen LogP contribution >= 0.6 is 11.3 Å². The first kappa shape index (κ1) is 16.0. The van der Waals surface area contributed by atoms with Gasteiger partial charge in [-0.25, -0.2) is 4.98 Å². The number of aromatic nitrogens is 1. The van der Waals surface area contributed by atoms with Gasteiger partial charge in [0, 0.05) is 17.4 Å². The molecule has 25 heavy (non-hydrogen) atoms. The van der Waals surface area contributed by atoms with E-state index in [1.807, 2.05) is 60.0 Å². The molecule has 0 saturated carbocycles. The highest BCUT2D eigenvalue weighted by molar-refractivity contribution is 7.13. The Labute approximate surface area is 150 Å². The maximum atomic E-state index is 12.4. The van der Waals surface area contributed by atoms with Gasteiger partial charge in [0.15, 0.2) is 0 Å². The van der Waals surface area contributed by atoms with Gasteiger partial charge in [-0.15, -0.1) is 11.3 Å². The van der Waals surface area contributed by atoms with Gasteiger partial charge in [0.1, 0.15) is 5.01 Å². The predicted octanol–water partition coefficient (Wildman–Crippen LogP) is 3.65. The number of carbonyl (C=O) groups excluding carboxylic acids is 1.